The van der Waals surface area contributed by atoms with Gasteiger partial charge < -0.3 is 15.8 Å². The summed E-state index contributed by atoms with van der Waals surface area (Å²) < 4.78 is 5.82. The first-order valence-corrected chi connectivity index (χ1v) is 11.3. The summed E-state index contributed by atoms with van der Waals surface area (Å²) in [6.45, 7) is 2.51. The largest absolute Gasteiger partial charge is 0.489 e. The number of allylic oxidation sites excluding steroid dienone is 2. The number of hydrogen-bond donors (Lipinski definition) is 2. The zero-order chi connectivity index (χ0) is 22.4. The monoisotopic (exact) mass is 429 g/mol. The van der Waals surface area contributed by atoms with Crippen LogP contribution in [0.25, 0.3) is 0 Å². The maximum atomic E-state index is 12.9. The van der Waals surface area contributed by atoms with Crippen LogP contribution >= 0.6 is 0 Å². The van der Waals surface area contributed by atoms with Gasteiger partial charge in [0, 0.05) is 35.5 Å². The standard InChI is InChI=1S/C27H31N3O2/c1-20-25(11-5-6-17-29-20)27(28)16-7-10-23(18-27)30-26(31)22-12-14-24(15-13-22)32-19-21-8-3-2-4-9-21/h2-5,8-9,11-15,17,23H,6-7,10,16,18-19,28H2,1H3,(H,30,31). The van der Waals surface area contributed by atoms with Gasteiger partial charge in [0.15, 0.2) is 0 Å². The van der Waals surface area contributed by atoms with E-state index in [0.717, 1.165) is 48.3 Å². The van der Waals surface area contributed by atoms with Crippen LogP contribution in [0.5, 0.6) is 5.75 Å². The summed E-state index contributed by atoms with van der Waals surface area (Å²) in [6, 6.07) is 17.4. The SMILES string of the molecule is CC1=C(C2(N)CCCC(NC(=O)c3ccc(OCc4ccccc4)cc3)C2)C=CCC=N1. The Bertz CT molecular complexity index is 1020. The molecule has 1 heterocycles. The zero-order valence-electron chi connectivity index (χ0n) is 18.6. The van der Waals surface area contributed by atoms with Crippen molar-refractivity contribution < 1.29 is 9.53 Å². The lowest BCUT2D eigenvalue weighted by atomic mass is 9.74. The molecular formula is C27H31N3O2. The molecule has 1 saturated carbocycles. The van der Waals surface area contributed by atoms with Crippen LogP contribution in [0.2, 0.25) is 0 Å². The van der Waals surface area contributed by atoms with Crippen LogP contribution in [0.4, 0.5) is 0 Å². The molecule has 1 aliphatic carbocycles. The van der Waals surface area contributed by atoms with Crippen molar-refractivity contribution in [3.63, 3.8) is 0 Å². The van der Waals surface area contributed by atoms with Crippen molar-refractivity contribution in [1.82, 2.24) is 5.32 Å². The Morgan fingerprint density at radius 2 is 1.97 bits per heavy atom. The Morgan fingerprint density at radius 1 is 1.19 bits per heavy atom. The molecule has 2 aromatic rings. The Labute approximate surface area is 190 Å². The first-order chi connectivity index (χ1) is 15.5. The number of aliphatic imine (C=N–C) groups is 1. The van der Waals surface area contributed by atoms with Crippen LogP contribution < -0.4 is 15.8 Å². The van der Waals surface area contributed by atoms with E-state index in [1.165, 1.54) is 0 Å². The summed E-state index contributed by atoms with van der Waals surface area (Å²) in [7, 11) is 0. The number of ether oxygens (including phenoxy) is 1. The molecule has 0 spiro atoms. The molecule has 3 N–H and O–H groups in total. The van der Waals surface area contributed by atoms with E-state index in [4.69, 9.17) is 10.5 Å². The molecule has 32 heavy (non-hydrogen) atoms. The fraction of sp³-hybridized carbons (Fsp3) is 0.333. The number of carbonyl (C=O) groups excluding carboxylic acids is 1. The number of nitrogens with two attached hydrogens (primary N) is 1. The quantitative estimate of drug-likeness (QED) is 0.683. The maximum absolute atomic E-state index is 12.9. The minimum Gasteiger partial charge on any atom is -0.489 e. The smallest absolute Gasteiger partial charge is 0.251 e. The van der Waals surface area contributed by atoms with Gasteiger partial charge in [0.2, 0.25) is 0 Å². The van der Waals surface area contributed by atoms with Crippen molar-refractivity contribution in [2.24, 2.45) is 10.7 Å². The first kappa shape index (κ1) is 22.0. The van der Waals surface area contributed by atoms with Crippen molar-refractivity contribution in [3.8, 4) is 5.75 Å². The van der Waals surface area contributed by atoms with Crippen LogP contribution in [-0.2, 0) is 6.61 Å². The van der Waals surface area contributed by atoms with Crippen LogP contribution in [0, 0.1) is 0 Å². The van der Waals surface area contributed by atoms with E-state index in [-0.39, 0.29) is 11.9 Å². The Morgan fingerprint density at radius 3 is 2.75 bits per heavy atom. The highest BCUT2D eigenvalue weighted by Crippen LogP contribution is 2.35. The second-order valence-electron chi connectivity index (χ2n) is 8.67. The van der Waals surface area contributed by atoms with Crippen LogP contribution in [0.1, 0.15) is 54.9 Å². The predicted octanol–water partition coefficient (Wildman–Crippen LogP) is 4.94. The normalized spacial score (nSPS) is 23.0. The average molecular weight is 430 g/mol. The maximum Gasteiger partial charge on any atom is 0.251 e. The Hall–Kier alpha value is -3.18. The van der Waals surface area contributed by atoms with E-state index in [0.29, 0.717) is 18.6 Å². The van der Waals surface area contributed by atoms with Crippen molar-refractivity contribution in [2.45, 2.75) is 57.2 Å². The lowest BCUT2D eigenvalue weighted by Crippen LogP contribution is -2.52. The van der Waals surface area contributed by atoms with E-state index in [1.807, 2.05) is 67.7 Å². The summed E-state index contributed by atoms with van der Waals surface area (Å²) in [5, 5.41) is 3.19. The number of nitrogens with one attached hydrogen (secondary N) is 1. The fourth-order valence-electron chi connectivity index (χ4n) is 4.54. The average Bonchev–Trinajstić information content (AvgIpc) is 3.03. The highest BCUT2D eigenvalue weighted by Gasteiger charge is 2.37. The number of amides is 1. The molecule has 5 nitrogen and oxygen atoms in total. The second kappa shape index (κ2) is 9.96. The lowest BCUT2D eigenvalue weighted by molar-refractivity contribution is 0.0919. The van der Waals surface area contributed by atoms with Gasteiger partial charge in [0.1, 0.15) is 12.4 Å². The van der Waals surface area contributed by atoms with Gasteiger partial charge in [-0.1, -0.05) is 42.5 Å². The summed E-state index contributed by atoms with van der Waals surface area (Å²) >= 11 is 0. The van der Waals surface area contributed by atoms with Crippen LogP contribution in [-0.4, -0.2) is 23.7 Å². The molecule has 166 valence electrons. The molecule has 4 rings (SSSR count). The molecule has 1 amide bonds. The Kier molecular flexibility index (Phi) is 6.86. The van der Waals surface area contributed by atoms with Gasteiger partial charge in [0.25, 0.3) is 5.91 Å². The zero-order valence-corrected chi connectivity index (χ0v) is 18.6. The highest BCUT2D eigenvalue weighted by atomic mass is 16.5. The molecule has 0 radical (unpaired) electrons. The van der Waals surface area contributed by atoms with E-state index in [1.54, 1.807) is 0 Å². The number of rotatable bonds is 6. The Balaban J connectivity index is 1.36. The summed E-state index contributed by atoms with van der Waals surface area (Å²) in [5.41, 5.74) is 10.2. The number of nitrogens with zero attached hydrogens (tertiary/aromatic N) is 1. The van der Waals surface area contributed by atoms with Gasteiger partial charge in [-0.2, -0.15) is 0 Å². The molecule has 0 aromatic heterocycles. The molecule has 5 heteroatoms. The molecule has 2 unspecified atom stereocenters. The molecule has 2 aromatic carbocycles. The topological polar surface area (TPSA) is 76.7 Å². The molecule has 0 bridgehead atoms. The van der Waals surface area contributed by atoms with E-state index in [9.17, 15) is 4.79 Å². The van der Waals surface area contributed by atoms with Crippen molar-refractivity contribution >= 4 is 12.1 Å². The van der Waals surface area contributed by atoms with Gasteiger partial charge in [-0.3, -0.25) is 9.79 Å². The van der Waals surface area contributed by atoms with E-state index >= 15 is 0 Å². The van der Waals surface area contributed by atoms with Gasteiger partial charge in [0.05, 0.1) is 0 Å². The van der Waals surface area contributed by atoms with E-state index < -0.39 is 5.54 Å². The van der Waals surface area contributed by atoms with E-state index in [2.05, 4.69) is 22.5 Å². The van der Waals surface area contributed by atoms with Gasteiger partial charge >= 0.3 is 0 Å². The summed E-state index contributed by atoms with van der Waals surface area (Å²) in [4.78, 5) is 17.4. The summed E-state index contributed by atoms with van der Waals surface area (Å²) in [5.74, 6) is 0.668. The molecule has 1 aliphatic heterocycles. The molecule has 2 atom stereocenters. The number of benzene rings is 2. The second-order valence-corrected chi connectivity index (χ2v) is 8.67. The summed E-state index contributed by atoms with van der Waals surface area (Å²) in [6.07, 6.45) is 10.5. The fourth-order valence-corrected chi connectivity index (χ4v) is 4.54. The van der Waals surface area contributed by atoms with Crippen LogP contribution in [0.15, 0.2) is 83.0 Å². The minimum absolute atomic E-state index is 0.0381. The third-order valence-corrected chi connectivity index (χ3v) is 6.22. The third kappa shape index (κ3) is 5.35. The number of hydrogen-bond acceptors (Lipinski definition) is 4. The van der Waals surface area contributed by atoms with Gasteiger partial charge in [-0.25, -0.2) is 0 Å². The van der Waals surface area contributed by atoms with Gasteiger partial charge in [-0.05, 0) is 68.0 Å². The number of carbonyl (C=O) groups is 1. The molecule has 2 aliphatic rings. The molecule has 0 saturated heterocycles. The van der Waals surface area contributed by atoms with Crippen LogP contribution in [0.3, 0.4) is 0 Å². The van der Waals surface area contributed by atoms with Crippen molar-refractivity contribution in [3.05, 3.63) is 89.1 Å². The van der Waals surface area contributed by atoms with Crippen molar-refractivity contribution in [2.75, 3.05) is 0 Å². The molecular weight excluding hydrogens is 398 g/mol. The third-order valence-electron chi connectivity index (χ3n) is 6.22. The minimum atomic E-state index is -0.465. The van der Waals surface area contributed by atoms with Gasteiger partial charge in [-0.15, -0.1) is 0 Å². The predicted molar refractivity (Wildman–Crippen MR) is 129 cm³/mol. The van der Waals surface area contributed by atoms with Crippen molar-refractivity contribution in [1.29, 1.82) is 0 Å². The first-order valence-electron chi connectivity index (χ1n) is 11.3. The molecule has 1 fully saturated rings. The highest BCUT2D eigenvalue weighted by molar-refractivity contribution is 5.94. The lowest BCUT2D eigenvalue weighted by Gasteiger charge is -2.39.